The predicted molar refractivity (Wildman–Crippen MR) is 54.0 cm³/mol. The lowest BCUT2D eigenvalue weighted by Gasteiger charge is -2.05. The number of halogens is 3. The Hall–Kier alpha value is -2.31. The van der Waals surface area contributed by atoms with E-state index in [2.05, 4.69) is 14.7 Å². The highest BCUT2D eigenvalue weighted by molar-refractivity contribution is 5.94. The van der Waals surface area contributed by atoms with E-state index in [0.29, 0.717) is 11.8 Å². The van der Waals surface area contributed by atoms with E-state index in [4.69, 9.17) is 0 Å². The van der Waals surface area contributed by atoms with Gasteiger partial charge in [-0.25, -0.2) is 18.2 Å². The van der Waals surface area contributed by atoms with Crippen LogP contribution in [0.3, 0.4) is 0 Å². The fraction of sp³-hybridized carbons (Fsp3) is 0.0909. The summed E-state index contributed by atoms with van der Waals surface area (Å²) in [6.45, 7) is -0.00618. The molecule has 2 aromatic rings. The van der Waals surface area contributed by atoms with Crippen LogP contribution < -0.4 is 5.32 Å². The van der Waals surface area contributed by atoms with Crippen molar-refractivity contribution in [1.29, 1.82) is 0 Å². The maximum absolute atomic E-state index is 13.3. The van der Waals surface area contributed by atoms with Gasteiger partial charge in [0.15, 0.2) is 23.8 Å². The van der Waals surface area contributed by atoms with Crippen LogP contribution in [-0.2, 0) is 6.54 Å². The van der Waals surface area contributed by atoms with E-state index < -0.39 is 28.9 Å². The number of rotatable bonds is 3. The summed E-state index contributed by atoms with van der Waals surface area (Å²) in [7, 11) is 0. The summed E-state index contributed by atoms with van der Waals surface area (Å²) in [6, 6.07) is 1.55. The Morgan fingerprint density at radius 1 is 1.28 bits per heavy atom. The molecule has 0 saturated carbocycles. The van der Waals surface area contributed by atoms with Crippen molar-refractivity contribution in [3.05, 3.63) is 53.5 Å². The van der Waals surface area contributed by atoms with Crippen molar-refractivity contribution in [3.8, 4) is 0 Å². The molecule has 0 spiro atoms. The first-order valence-corrected chi connectivity index (χ1v) is 4.88. The van der Waals surface area contributed by atoms with Gasteiger partial charge in [0, 0.05) is 0 Å². The molecule has 1 aromatic carbocycles. The molecule has 1 amide bonds. The van der Waals surface area contributed by atoms with Crippen molar-refractivity contribution >= 4 is 5.91 Å². The van der Waals surface area contributed by atoms with Crippen molar-refractivity contribution in [1.82, 2.24) is 10.3 Å². The molecule has 94 valence electrons. The van der Waals surface area contributed by atoms with Crippen LogP contribution in [0.5, 0.6) is 0 Å². The number of oxazole rings is 1. The van der Waals surface area contributed by atoms with Crippen LogP contribution in [-0.4, -0.2) is 10.9 Å². The molecule has 18 heavy (non-hydrogen) atoms. The lowest BCUT2D eigenvalue weighted by molar-refractivity contribution is 0.0945. The van der Waals surface area contributed by atoms with Crippen LogP contribution in [0.25, 0.3) is 0 Å². The third kappa shape index (κ3) is 2.34. The van der Waals surface area contributed by atoms with Crippen LogP contribution in [0.2, 0.25) is 0 Å². The molecular weight excluding hydrogens is 249 g/mol. The van der Waals surface area contributed by atoms with E-state index in [1.165, 1.54) is 12.7 Å². The van der Waals surface area contributed by atoms with Crippen molar-refractivity contribution < 1.29 is 22.4 Å². The third-order valence-electron chi connectivity index (χ3n) is 2.19. The summed E-state index contributed by atoms with van der Waals surface area (Å²) in [5, 5.41) is 2.30. The number of aromatic nitrogens is 1. The van der Waals surface area contributed by atoms with Gasteiger partial charge < -0.3 is 9.73 Å². The first kappa shape index (κ1) is 12.2. The van der Waals surface area contributed by atoms with Gasteiger partial charge >= 0.3 is 0 Å². The van der Waals surface area contributed by atoms with E-state index in [9.17, 15) is 18.0 Å². The van der Waals surface area contributed by atoms with Crippen LogP contribution in [0.4, 0.5) is 13.2 Å². The van der Waals surface area contributed by atoms with E-state index >= 15 is 0 Å². The lowest BCUT2D eigenvalue weighted by Crippen LogP contribution is -2.24. The monoisotopic (exact) mass is 256 g/mol. The van der Waals surface area contributed by atoms with Crippen LogP contribution in [0.15, 0.2) is 29.2 Å². The smallest absolute Gasteiger partial charge is 0.254 e. The molecule has 0 aliphatic heterocycles. The van der Waals surface area contributed by atoms with E-state index in [-0.39, 0.29) is 6.54 Å². The molecule has 0 aliphatic carbocycles. The van der Waals surface area contributed by atoms with Gasteiger partial charge in [0.05, 0.1) is 17.8 Å². The lowest BCUT2D eigenvalue weighted by atomic mass is 10.2. The fourth-order valence-corrected chi connectivity index (χ4v) is 1.29. The highest BCUT2D eigenvalue weighted by Gasteiger charge is 2.18. The normalized spacial score (nSPS) is 10.4. The van der Waals surface area contributed by atoms with Gasteiger partial charge in [-0.3, -0.25) is 4.79 Å². The van der Waals surface area contributed by atoms with Gasteiger partial charge in [-0.15, -0.1) is 0 Å². The SMILES string of the molecule is O=C(NCc1cocn1)c1ccc(F)c(F)c1F. The standard InChI is InChI=1S/C11H7F3N2O2/c12-8-2-1-7(9(13)10(8)14)11(17)15-3-6-4-18-5-16-6/h1-2,4-5H,3H2,(H,15,17). The molecule has 0 unspecified atom stereocenters. The number of hydrogen-bond acceptors (Lipinski definition) is 3. The zero-order valence-corrected chi connectivity index (χ0v) is 8.91. The number of nitrogens with zero attached hydrogens (tertiary/aromatic N) is 1. The Morgan fingerprint density at radius 2 is 2.06 bits per heavy atom. The van der Waals surface area contributed by atoms with Crippen molar-refractivity contribution in [2.45, 2.75) is 6.54 Å². The second kappa shape index (κ2) is 4.91. The number of carbonyl (C=O) groups excluding carboxylic acids is 1. The summed E-state index contributed by atoms with van der Waals surface area (Å²) >= 11 is 0. The van der Waals surface area contributed by atoms with Crippen LogP contribution >= 0.6 is 0 Å². The Bertz CT molecular complexity index is 570. The molecule has 1 N–H and O–H groups in total. The summed E-state index contributed by atoms with van der Waals surface area (Å²) in [4.78, 5) is 15.3. The maximum Gasteiger partial charge on any atom is 0.254 e. The minimum Gasteiger partial charge on any atom is -0.451 e. The Labute approximate surface area is 99.4 Å². The molecule has 7 heteroatoms. The average Bonchev–Trinajstić information content (AvgIpc) is 2.86. The fourth-order valence-electron chi connectivity index (χ4n) is 1.29. The molecule has 0 saturated heterocycles. The van der Waals surface area contributed by atoms with Gasteiger partial charge in [-0.1, -0.05) is 0 Å². The number of hydrogen-bond donors (Lipinski definition) is 1. The molecule has 0 radical (unpaired) electrons. The molecule has 0 aliphatic rings. The van der Waals surface area contributed by atoms with Crippen molar-refractivity contribution in [2.75, 3.05) is 0 Å². The zero-order chi connectivity index (χ0) is 13.1. The van der Waals surface area contributed by atoms with E-state index in [0.717, 1.165) is 6.07 Å². The largest absolute Gasteiger partial charge is 0.451 e. The average molecular weight is 256 g/mol. The number of carbonyl (C=O) groups is 1. The van der Waals surface area contributed by atoms with E-state index in [1.807, 2.05) is 0 Å². The predicted octanol–water partition coefficient (Wildman–Crippen LogP) is 2.02. The summed E-state index contributed by atoms with van der Waals surface area (Å²) in [5.41, 5.74) is -0.149. The highest BCUT2D eigenvalue weighted by atomic mass is 19.2. The van der Waals surface area contributed by atoms with Crippen LogP contribution in [0.1, 0.15) is 16.1 Å². The summed E-state index contributed by atoms with van der Waals surface area (Å²) in [6.07, 6.45) is 2.46. The molecule has 2 rings (SSSR count). The van der Waals surface area contributed by atoms with Crippen LogP contribution in [0, 0.1) is 17.5 Å². The molecule has 0 atom stereocenters. The molecule has 0 fully saturated rings. The number of amides is 1. The zero-order valence-electron chi connectivity index (χ0n) is 8.91. The van der Waals surface area contributed by atoms with Gasteiger partial charge in [0.1, 0.15) is 6.26 Å². The minimum atomic E-state index is -1.68. The highest BCUT2D eigenvalue weighted by Crippen LogP contribution is 2.15. The minimum absolute atomic E-state index is 0.00618. The quantitative estimate of drug-likeness (QED) is 0.855. The molecule has 1 heterocycles. The molecule has 0 bridgehead atoms. The maximum atomic E-state index is 13.3. The van der Waals surface area contributed by atoms with Gasteiger partial charge in [0.25, 0.3) is 5.91 Å². The first-order valence-electron chi connectivity index (χ1n) is 4.88. The Balaban J connectivity index is 2.12. The molecule has 1 aromatic heterocycles. The molecule has 4 nitrogen and oxygen atoms in total. The Kier molecular flexibility index (Phi) is 3.31. The molecular formula is C11H7F3N2O2. The second-order valence-electron chi connectivity index (χ2n) is 3.39. The second-order valence-corrected chi connectivity index (χ2v) is 3.39. The van der Waals surface area contributed by atoms with Gasteiger partial charge in [-0.05, 0) is 12.1 Å². The van der Waals surface area contributed by atoms with Gasteiger partial charge in [0.2, 0.25) is 0 Å². The van der Waals surface area contributed by atoms with E-state index in [1.54, 1.807) is 0 Å². The number of nitrogens with one attached hydrogen (secondary N) is 1. The van der Waals surface area contributed by atoms with Crippen molar-refractivity contribution in [2.24, 2.45) is 0 Å². The Morgan fingerprint density at radius 3 is 2.72 bits per heavy atom. The van der Waals surface area contributed by atoms with Crippen molar-refractivity contribution in [3.63, 3.8) is 0 Å². The number of benzene rings is 1. The third-order valence-corrected chi connectivity index (χ3v) is 2.19. The summed E-state index contributed by atoms with van der Waals surface area (Å²) in [5.74, 6) is -5.41. The first-order chi connectivity index (χ1) is 8.59. The summed E-state index contributed by atoms with van der Waals surface area (Å²) < 4.78 is 43.5. The topological polar surface area (TPSA) is 55.1 Å². The van der Waals surface area contributed by atoms with Gasteiger partial charge in [-0.2, -0.15) is 0 Å².